The number of amides is 2. The van der Waals surface area contributed by atoms with Crippen LogP contribution in [0.3, 0.4) is 0 Å². The minimum Gasteiger partial charge on any atom is -0.508 e. The summed E-state index contributed by atoms with van der Waals surface area (Å²) in [4.78, 5) is 28.3. The molecule has 4 aliphatic rings. The van der Waals surface area contributed by atoms with Crippen molar-refractivity contribution in [1.29, 1.82) is 0 Å². The lowest BCUT2D eigenvalue weighted by Gasteiger charge is -2.45. The van der Waals surface area contributed by atoms with Gasteiger partial charge in [0.2, 0.25) is 11.8 Å². The molecule has 1 N–H and O–H groups in total. The molecule has 1 fully saturated rings. The van der Waals surface area contributed by atoms with Crippen molar-refractivity contribution in [3.63, 3.8) is 0 Å². The second-order valence-corrected chi connectivity index (χ2v) is 7.80. The zero-order valence-corrected chi connectivity index (χ0v) is 14.9. The van der Waals surface area contributed by atoms with E-state index in [4.69, 9.17) is 0 Å². The lowest BCUT2D eigenvalue weighted by atomic mass is 9.55. The predicted molar refractivity (Wildman–Crippen MR) is 104 cm³/mol. The molecule has 3 aliphatic carbocycles. The zero-order valence-electron chi connectivity index (χ0n) is 14.9. The minimum absolute atomic E-state index is 0.0440. The number of phenolic OH excluding ortho intramolecular Hbond substituents is 1. The number of carbonyl (C=O) groups is 2. The summed E-state index contributed by atoms with van der Waals surface area (Å²) in [6, 6.07) is 22.8. The summed E-state index contributed by atoms with van der Waals surface area (Å²) in [5, 5.41) is 9.86. The molecule has 0 saturated carbocycles. The monoisotopic (exact) mass is 367 g/mol. The van der Waals surface area contributed by atoms with Crippen LogP contribution in [0.25, 0.3) is 0 Å². The minimum atomic E-state index is -0.398. The van der Waals surface area contributed by atoms with E-state index in [-0.39, 0.29) is 29.4 Å². The molecule has 2 atom stereocenters. The van der Waals surface area contributed by atoms with Crippen LogP contribution in [-0.2, 0) is 9.59 Å². The number of carbonyl (C=O) groups excluding carboxylic acids is 2. The molecule has 3 aromatic rings. The summed E-state index contributed by atoms with van der Waals surface area (Å²) in [6.07, 6.45) is 0. The van der Waals surface area contributed by atoms with Gasteiger partial charge in [-0.25, -0.2) is 4.90 Å². The van der Waals surface area contributed by atoms with Crippen molar-refractivity contribution in [2.24, 2.45) is 11.8 Å². The van der Waals surface area contributed by atoms with E-state index < -0.39 is 11.8 Å². The van der Waals surface area contributed by atoms with Gasteiger partial charge in [0.25, 0.3) is 0 Å². The van der Waals surface area contributed by atoms with Crippen LogP contribution in [-0.4, -0.2) is 16.9 Å². The molecule has 0 unspecified atom stereocenters. The smallest absolute Gasteiger partial charge is 0.238 e. The average Bonchev–Trinajstić information content (AvgIpc) is 2.99. The number of nitrogens with zero attached hydrogens (tertiary/aromatic N) is 1. The third-order valence-corrected chi connectivity index (χ3v) is 6.54. The molecule has 4 nitrogen and oxygen atoms in total. The zero-order chi connectivity index (χ0) is 19.0. The molecule has 1 saturated heterocycles. The van der Waals surface area contributed by atoms with Gasteiger partial charge >= 0.3 is 0 Å². The summed E-state index contributed by atoms with van der Waals surface area (Å²) in [5.41, 5.74) is 5.08. The molecule has 2 bridgehead atoms. The van der Waals surface area contributed by atoms with Crippen LogP contribution < -0.4 is 4.90 Å². The van der Waals surface area contributed by atoms with E-state index in [2.05, 4.69) is 24.3 Å². The summed E-state index contributed by atoms with van der Waals surface area (Å²) in [5.74, 6) is -1.31. The SMILES string of the molecule is O=C1[C@H]2C3c4ccccc4C(c4ccccc43)[C@@H]2C(=O)N1c1cccc(O)c1. The molecule has 136 valence electrons. The Morgan fingerprint density at radius 3 is 1.54 bits per heavy atom. The molecule has 0 spiro atoms. The second-order valence-electron chi connectivity index (χ2n) is 7.80. The predicted octanol–water partition coefficient (Wildman–Crippen LogP) is 3.79. The van der Waals surface area contributed by atoms with Crippen molar-refractivity contribution in [3.8, 4) is 5.75 Å². The van der Waals surface area contributed by atoms with E-state index in [9.17, 15) is 14.7 Å². The van der Waals surface area contributed by atoms with Gasteiger partial charge in [-0.05, 0) is 34.4 Å². The number of imide groups is 1. The number of hydrogen-bond acceptors (Lipinski definition) is 3. The second kappa shape index (κ2) is 5.32. The van der Waals surface area contributed by atoms with Gasteiger partial charge in [-0.1, -0.05) is 54.6 Å². The first-order valence-electron chi connectivity index (χ1n) is 9.51. The Balaban J connectivity index is 1.58. The number of anilines is 1. The van der Waals surface area contributed by atoms with Gasteiger partial charge in [-0.15, -0.1) is 0 Å². The summed E-state index contributed by atoms with van der Waals surface area (Å²) >= 11 is 0. The van der Waals surface area contributed by atoms with Gasteiger partial charge in [-0.3, -0.25) is 9.59 Å². The highest BCUT2D eigenvalue weighted by atomic mass is 16.3. The molecule has 7 rings (SSSR count). The van der Waals surface area contributed by atoms with Gasteiger partial charge in [-0.2, -0.15) is 0 Å². The molecule has 1 heterocycles. The fourth-order valence-corrected chi connectivity index (χ4v) is 5.56. The fraction of sp³-hybridized carbons (Fsp3) is 0.167. The molecule has 1 aliphatic heterocycles. The van der Waals surface area contributed by atoms with Crippen molar-refractivity contribution in [2.75, 3.05) is 4.90 Å². The largest absolute Gasteiger partial charge is 0.508 e. The molecule has 3 aromatic carbocycles. The van der Waals surface area contributed by atoms with E-state index in [1.165, 1.54) is 17.0 Å². The van der Waals surface area contributed by atoms with Crippen LogP contribution in [0.15, 0.2) is 72.8 Å². The topological polar surface area (TPSA) is 57.6 Å². The van der Waals surface area contributed by atoms with Crippen molar-refractivity contribution in [1.82, 2.24) is 0 Å². The standard InChI is InChI=1S/C24H17NO3/c26-14-7-5-6-13(12-14)25-23(27)21-19-15-8-1-2-9-16(15)20(22(21)24(25)28)18-11-4-3-10-17(18)19/h1-12,19-22,26H/t19?,20?,21-,22-/m0/s1. The maximum absolute atomic E-state index is 13.5. The average molecular weight is 367 g/mol. The maximum Gasteiger partial charge on any atom is 0.238 e. The molecule has 28 heavy (non-hydrogen) atoms. The third-order valence-electron chi connectivity index (χ3n) is 6.54. The summed E-state index contributed by atoms with van der Waals surface area (Å²) < 4.78 is 0. The number of phenols is 1. The van der Waals surface area contributed by atoms with Gasteiger partial charge in [0.05, 0.1) is 17.5 Å². The maximum atomic E-state index is 13.5. The highest BCUT2D eigenvalue weighted by Crippen LogP contribution is 2.61. The fourth-order valence-electron chi connectivity index (χ4n) is 5.56. The quantitative estimate of drug-likeness (QED) is 0.666. The van der Waals surface area contributed by atoms with Crippen LogP contribution >= 0.6 is 0 Å². The lowest BCUT2D eigenvalue weighted by Crippen LogP contribution is -2.41. The van der Waals surface area contributed by atoms with Crippen molar-refractivity contribution in [2.45, 2.75) is 11.8 Å². The van der Waals surface area contributed by atoms with Crippen molar-refractivity contribution < 1.29 is 14.7 Å². The Kier molecular flexibility index (Phi) is 2.97. The van der Waals surface area contributed by atoms with Gasteiger partial charge in [0, 0.05) is 17.9 Å². The Morgan fingerprint density at radius 1 is 0.643 bits per heavy atom. The van der Waals surface area contributed by atoms with Crippen LogP contribution in [0.5, 0.6) is 5.75 Å². The van der Waals surface area contributed by atoms with Crippen LogP contribution in [0, 0.1) is 11.8 Å². The van der Waals surface area contributed by atoms with Crippen molar-refractivity contribution >= 4 is 17.5 Å². The van der Waals surface area contributed by atoms with Crippen LogP contribution in [0.2, 0.25) is 0 Å². The van der Waals surface area contributed by atoms with E-state index in [1.54, 1.807) is 12.1 Å². The third kappa shape index (κ3) is 1.80. The first-order valence-corrected chi connectivity index (χ1v) is 9.51. The van der Waals surface area contributed by atoms with E-state index in [1.807, 2.05) is 24.3 Å². The molecule has 4 heteroatoms. The number of aromatic hydroxyl groups is 1. The molecular formula is C24H17NO3. The first kappa shape index (κ1) is 15.6. The van der Waals surface area contributed by atoms with Gasteiger partial charge in [0.15, 0.2) is 0 Å². The summed E-state index contributed by atoms with van der Waals surface area (Å²) in [6.45, 7) is 0. The molecular weight excluding hydrogens is 350 g/mol. The van der Waals surface area contributed by atoms with E-state index in [0.717, 1.165) is 22.3 Å². The molecule has 0 radical (unpaired) electrons. The summed E-state index contributed by atoms with van der Waals surface area (Å²) in [7, 11) is 0. The van der Waals surface area contributed by atoms with E-state index >= 15 is 0 Å². The molecule has 2 amide bonds. The first-order chi connectivity index (χ1) is 13.7. The van der Waals surface area contributed by atoms with Crippen LogP contribution in [0.4, 0.5) is 5.69 Å². The van der Waals surface area contributed by atoms with Gasteiger partial charge < -0.3 is 5.11 Å². The highest BCUT2D eigenvalue weighted by molar-refractivity contribution is 6.23. The van der Waals surface area contributed by atoms with E-state index in [0.29, 0.717) is 5.69 Å². The normalized spacial score (nSPS) is 26.8. The Morgan fingerprint density at radius 2 is 1.11 bits per heavy atom. The Bertz CT molecular complexity index is 1050. The highest BCUT2D eigenvalue weighted by Gasteiger charge is 2.61. The Labute approximate surface area is 162 Å². The number of benzene rings is 3. The lowest BCUT2D eigenvalue weighted by molar-refractivity contribution is -0.122. The van der Waals surface area contributed by atoms with Crippen LogP contribution in [0.1, 0.15) is 34.1 Å². The van der Waals surface area contributed by atoms with Crippen molar-refractivity contribution in [3.05, 3.63) is 95.1 Å². The number of rotatable bonds is 1. The molecule has 0 aromatic heterocycles. The number of hydrogen-bond donors (Lipinski definition) is 1. The Hall–Kier alpha value is -3.40. The van der Waals surface area contributed by atoms with Gasteiger partial charge in [0.1, 0.15) is 5.75 Å².